The Hall–Kier alpha value is -3.39. The van der Waals surface area contributed by atoms with Crippen molar-refractivity contribution in [1.29, 1.82) is 0 Å². The summed E-state index contributed by atoms with van der Waals surface area (Å²) in [7, 11) is 0. The predicted molar refractivity (Wildman–Crippen MR) is 114 cm³/mol. The van der Waals surface area contributed by atoms with Crippen molar-refractivity contribution >= 4 is 45.8 Å². The molecule has 3 aromatic rings. The fourth-order valence-corrected chi connectivity index (χ4v) is 4.06. The molecule has 1 aromatic heterocycles. The highest BCUT2D eigenvalue weighted by Crippen LogP contribution is 2.32. The number of aromatic amines is 1. The Kier molecular flexibility index (Phi) is 5.67. The van der Waals surface area contributed by atoms with E-state index in [1.54, 1.807) is 0 Å². The summed E-state index contributed by atoms with van der Waals surface area (Å²) in [4.78, 5) is 41.2. The molecule has 0 radical (unpaired) electrons. The van der Waals surface area contributed by atoms with Gasteiger partial charge in [-0.1, -0.05) is 30.3 Å². The van der Waals surface area contributed by atoms with Gasteiger partial charge in [0.05, 0.1) is 4.91 Å². The zero-order valence-electron chi connectivity index (χ0n) is 15.9. The SMILES string of the molecule is O=C(CN1C(=O)SC(=Cc2ccc(F)cc2)C1=O)NCCc1c[nH]c2ccccc12. The number of fused-ring (bicyclic) bond motifs is 1. The number of imide groups is 1. The Bertz CT molecular complexity index is 1150. The van der Waals surface area contributed by atoms with Gasteiger partial charge in [-0.2, -0.15) is 0 Å². The number of nitrogens with one attached hydrogen (secondary N) is 2. The summed E-state index contributed by atoms with van der Waals surface area (Å²) in [6.45, 7) is 0.0572. The molecule has 152 valence electrons. The highest BCUT2D eigenvalue weighted by Gasteiger charge is 2.36. The topological polar surface area (TPSA) is 82.3 Å². The number of amides is 3. The number of carbonyl (C=O) groups is 3. The molecule has 0 saturated carbocycles. The zero-order valence-corrected chi connectivity index (χ0v) is 16.7. The van der Waals surface area contributed by atoms with Gasteiger partial charge in [-0.3, -0.25) is 19.3 Å². The maximum absolute atomic E-state index is 13.0. The number of hydrogen-bond donors (Lipinski definition) is 2. The number of aromatic nitrogens is 1. The van der Waals surface area contributed by atoms with Gasteiger partial charge in [0.25, 0.3) is 11.1 Å². The minimum Gasteiger partial charge on any atom is -0.361 e. The van der Waals surface area contributed by atoms with Crippen LogP contribution in [-0.2, 0) is 16.0 Å². The molecule has 2 N–H and O–H groups in total. The summed E-state index contributed by atoms with van der Waals surface area (Å²) in [6, 6.07) is 13.5. The molecule has 1 saturated heterocycles. The lowest BCUT2D eigenvalue weighted by Gasteiger charge is -2.12. The van der Waals surface area contributed by atoms with E-state index < -0.39 is 17.1 Å². The Morgan fingerprint density at radius 1 is 1.13 bits per heavy atom. The van der Waals surface area contributed by atoms with E-state index in [1.165, 1.54) is 30.3 Å². The first-order valence-electron chi connectivity index (χ1n) is 9.34. The third-order valence-corrected chi connectivity index (χ3v) is 5.64. The van der Waals surface area contributed by atoms with E-state index >= 15 is 0 Å². The standard InChI is InChI=1S/C22H18FN3O3S/c23-16-7-5-14(6-8-16)11-19-21(28)26(22(29)30-19)13-20(27)24-10-9-15-12-25-18-4-2-1-3-17(15)18/h1-8,11-12,25H,9-10,13H2,(H,24,27). The van der Waals surface area contributed by atoms with Crippen molar-refractivity contribution < 1.29 is 18.8 Å². The van der Waals surface area contributed by atoms with Crippen LogP contribution < -0.4 is 5.32 Å². The third kappa shape index (κ3) is 4.28. The Morgan fingerprint density at radius 2 is 1.90 bits per heavy atom. The van der Waals surface area contributed by atoms with Gasteiger partial charge in [0.1, 0.15) is 12.4 Å². The highest BCUT2D eigenvalue weighted by molar-refractivity contribution is 8.18. The molecule has 2 heterocycles. The molecule has 2 aromatic carbocycles. The molecule has 0 unspecified atom stereocenters. The lowest BCUT2D eigenvalue weighted by atomic mass is 10.1. The van der Waals surface area contributed by atoms with Crippen molar-refractivity contribution in [3.63, 3.8) is 0 Å². The number of rotatable bonds is 6. The van der Waals surface area contributed by atoms with E-state index in [0.29, 0.717) is 18.5 Å². The van der Waals surface area contributed by atoms with Crippen LogP contribution in [0.5, 0.6) is 0 Å². The largest absolute Gasteiger partial charge is 0.361 e. The first kappa shape index (κ1) is 19.9. The van der Waals surface area contributed by atoms with Gasteiger partial charge < -0.3 is 10.3 Å². The average molecular weight is 423 g/mol. The number of hydrogen-bond acceptors (Lipinski definition) is 4. The van der Waals surface area contributed by atoms with Crippen LogP contribution >= 0.6 is 11.8 Å². The fourth-order valence-electron chi connectivity index (χ4n) is 3.22. The normalized spacial score (nSPS) is 15.4. The van der Waals surface area contributed by atoms with Crippen molar-refractivity contribution in [1.82, 2.24) is 15.2 Å². The van der Waals surface area contributed by atoms with Crippen molar-refractivity contribution in [3.8, 4) is 0 Å². The number of para-hydroxylation sites is 1. The minimum absolute atomic E-state index is 0.207. The van der Waals surface area contributed by atoms with Crippen molar-refractivity contribution in [2.45, 2.75) is 6.42 Å². The molecule has 1 aliphatic rings. The molecule has 1 fully saturated rings. The molecule has 8 heteroatoms. The number of benzene rings is 2. The van der Waals surface area contributed by atoms with Gasteiger partial charge in [0.2, 0.25) is 5.91 Å². The second-order valence-corrected chi connectivity index (χ2v) is 7.77. The van der Waals surface area contributed by atoms with Gasteiger partial charge >= 0.3 is 0 Å². The summed E-state index contributed by atoms with van der Waals surface area (Å²) < 4.78 is 13.0. The molecule has 6 nitrogen and oxygen atoms in total. The minimum atomic E-state index is -0.527. The van der Waals surface area contributed by atoms with Crippen LogP contribution in [0.1, 0.15) is 11.1 Å². The molecule has 0 aliphatic carbocycles. The van der Waals surface area contributed by atoms with Crippen molar-refractivity contribution in [2.75, 3.05) is 13.1 Å². The van der Waals surface area contributed by atoms with Crippen molar-refractivity contribution in [2.24, 2.45) is 0 Å². The van der Waals surface area contributed by atoms with E-state index in [2.05, 4.69) is 10.3 Å². The number of halogens is 1. The smallest absolute Gasteiger partial charge is 0.294 e. The van der Waals surface area contributed by atoms with Gasteiger partial charge in [0.15, 0.2) is 0 Å². The van der Waals surface area contributed by atoms with Crippen LogP contribution in [-0.4, -0.2) is 40.0 Å². The number of H-pyrrole nitrogens is 1. The predicted octanol–water partition coefficient (Wildman–Crippen LogP) is 3.70. The van der Waals surface area contributed by atoms with Crippen LogP contribution in [0.4, 0.5) is 9.18 Å². The van der Waals surface area contributed by atoms with Gasteiger partial charge in [-0.15, -0.1) is 0 Å². The first-order chi connectivity index (χ1) is 14.5. The second-order valence-electron chi connectivity index (χ2n) is 6.78. The Morgan fingerprint density at radius 3 is 2.70 bits per heavy atom. The van der Waals surface area contributed by atoms with Crippen LogP contribution in [0, 0.1) is 5.82 Å². The average Bonchev–Trinajstić information content (AvgIpc) is 3.26. The monoisotopic (exact) mass is 423 g/mol. The molecule has 4 rings (SSSR count). The quantitative estimate of drug-likeness (QED) is 0.593. The zero-order chi connectivity index (χ0) is 21.1. The van der Waals surface area contributed by atoms with E-state index in [9.17, 15) is 18.8 Å². The number of thioether (sulfide) groups is 1. The van der Waals surface area contributed by atoms with E-state index in [4.69, 9.17) is 0 Å². The van der Waals surface area contributed by atoms with E-state index in [0.717, 1.165) is 33.1 Å². The van der Waals surface area contributed by atoms with Gasteiger partial charge in [-0.05, 0) is 53.6 Å². The van der Waals surface area contributed by atoms with Gasteiger partial charge in [-0.25, -0.2) is 4.39 Å². The second kappa shape index (κ2) is 8.54. The van der Waals surface area contributed by atoms with Gasteiger partial charge in [0, 0.05) is 23.6 Å². The molecule has 0 atom stereocenters. The molecule has 0 spiro atoms. The summed E-state index contributed by atoms with van der Waals surface area (Å²) >= 11 is 0.767. The maximum Gasteiger partial charge on any atom is 0.294 e. The number of nitrogens with zero attached hydrogens (tertiary/aromatic N) is 1. The van der Waals surface area contributed by atoms with Crippen LogP contribution in [0.2, 0.25) is 0 Å². The summed E-state index contributed by atoms with van der Waals surface area (Å²) in [5.74, 6) is -1.31. The molecule has 1 aliphatic heterocycles. The molecule has 30 heavy (non-hydrogen) atoms. The maximum atomic E-state index is 13.0. The van der Waals surface area contributed by atoms with Crippen LogP contribution in [0.25, 0.3) is 17.0 Å². The lowest BCUT2D eigenvalue weighted by Crippen LogP contribution is -2.40. The molecular weight excluding hydrogens is 405 g/mol. The van der Waals surface area contributed by atoms with Crippen LogP contribution in [0.15, 0.2) is 59.6 Å². The van der Waals surface area contributed by atoms with E-state index in [1.807, 2.05) is 30.5 Å². The Balaban J connectivity index is 1.33. The third-order valence-electron chi connectivity index (χ3n) is 4.73. The van der Waals surface area contributed by atoms with Crippen LogP contribution in [0.3, 0.4) is 0 Å². The molecule has 0 bridgehead atoms. The number of carbonyl (C=O) groups excluding carboxylic acids is 3. The summed E-state index contributed by atoms with van der Waals surface area (Å²) in [5.41, 5.74) is 2.72. The fraction of sp³-hybridized carbons (Fsp3) is 0.136. The molecular formula is C22H18FN3O3S. The first-order valence-corrected chi connectivity index (χ1v) is 10.2. The lowest BCUT2D eigenvalue weighted by molar-refractivity contribution is -0.129. The highest BCUT2D eigenvalue weighted by atomic mass is 32.2. The summed E-state index contributed by atoms with van der Waals surface area (Å²) in [6.07, 6.45) is 4.05. The molecule has 3 amide bonds. The van der Waals surface area contributed by atoms with E-state index in [-0.39, 0.29) is 17.3 Å². The summed E-state index contributed by atoms with van der Waals surface area (Å²) in [5, 5.41) is 3.36. The Labute approximate surface area is 176 Å². The van der Waals surface area contributed by atoms with Crippen molar-refractivity contribution in [3.05, 3.63) is 76.6 Å².